The summed E-state index contributed by atoms with van der Waals surface area (Å²) >= 11 is 12.9. The molecule has 1 heterocycles. The zero-order chi connectivity index (χ0) is 15.6. The maximum atomic E-state index is 12.2. The summed E-state index contributed by atoms with van der Waals surface area (Å²) in [6.45, 7) is -0.0206. The fraction of sp³-hybridized carbons (Fsp3) is 0.0909. The first-order valence-electron chi connectivity index (χ1n) is 5.41. The van der Waals surface area contributed by atoms with Gasteiger partial charge in [0.05, 0.1) is 33.4 Å². The minimum Gasteiger partial charge on any atom is -0.478 e. The van der Waals surface area contributed by atoms with Gasteiger partial charge >= 0.3 is 5.97 Å². The Morgan fingerprint density at radius 1 is 1.38 bits per heavy atom. The van der Waals surface area contributed by atoms with Gasteiger partial charge in [-0.2, -0.15) is 0 Å². The molecule has 0 bridgehead atoms. The van der Waals surface area contributed by atoms with Gasteiger partial charge in [0.2, 0.25) is 10.0 Å². The third-order valence-corrected chi connectivity index (χ3v) is 5.38. The van der Waals surface area contributed by atoms with Crippen molar-refractivity contribution >= 4 is 50.5 Å². The Morgan fingerprint density at radius 2 is 2.10 bits per heavy atom. The van der Waals surface area contributed by atoms with E-state index < -0.39 is 26.6 Å². The largest absolute Gasteiger partial charge is 0.478 e. The Kier molecular flexibility index (Phi) is 4.84. The van der Waals surface area contributed by atoms with E-state index in [1.165, 1.54) is 17.4 Å². The summed E-state index contributed by atoms with van der Waals surface area (Å²) in [5.41, 5.74) is 1.67. The second-order valence-electron chi connectivity index (χ2n) is 3.84. The third-order valence-electron chi connectivity index (χ3n) is 2.49. The van der Waals surface area contributed by atoms with Crippen molar-refractivity contribution in [2.75, 3.05) is 0 Å². The number of aromatic carboxylic acids is 1. The second-order valence-corrected chi connectivity index (χ2v) is 7.08. The normalized spacial score (nSPS) is 11.5. The number of carbonyl (C=O) groups is 1. The number of nitrogens with one attached hydrogen (secondary N) is 1. The highest BCUT2D eigenvalue weighted by Crippen LogP contribution is 2.31. The molecule has 0 aliphatic heterocycles. The molecule has 0 unspecified atom stereocenters. The Bertz CT molecular complexity index is 776. The van der Waals surface area contributed by atoms with Crippen molar-refractivity contribution in [3.63, 3.8) is 0 Å². The van der Waals surface area contributed by atoms with Gasteiger partial charge in [-0.1, -0.05) is 23.2 Å². The third kappa shape index (κ3) is 3.53. The summed E-state index contributed by atoms with van der Waals surface area (Å²) in [7, 11) is -3.98. The van der Waals surface area contributed by atoms with Crippen LogP contribution in [0.4, 0.5) is 0 Å². The highest BCUT2D eigenvalue weighted by Gasteiger charge is 2.24. The molecule has 0 radical (unpaired) electrons. The number of nitrogens with zero attached hydrogens (tertiary/aromatic N) is 1. The second kappa shape index (κ2) is 6.29. The monoisotopic (exact) mass is 366 g/mol. The summed E-state index contributed by atoms with van der Waals surface area (Å²) in [5, 5.41) is 10.1. The van der Waals surface area contributed by atoms with Crippen molar-refractivity contribution in [3.05, 3.63) is 44.3 Å². The van der Waals surface area contributed by atoms with E-state index in [1.54, 1.807) is 10.9 Å². The van der Waals surface area contributed by atoms with Gasteiger partial charge in [-0.15, -0.1) is 11.3 Å². The minimum atomic E-state index is -3.98. The maximum Gasteiger partial charge on any atom is 0.338 e. The molecule has 2 N–H and O–H groups in total. The average molecular weight is 367 g/mol. The molecule has 0 aliphatic carbocycles. The molecule has 10 heteroatoms. The van der Waals surface area contributed by atoms with E-state index in [4.69, 9.17) is 28.3 Å². The van der Waals surface area contributed by atoms with Gasteiger partial charge in [0, 0.05) is 5.38 Å². The molecule has 0 amide bonds. The predicted molar refractivity (Wildman–Crippen MR) is 79.6 cm³/mol. The standard InChI is InChI=1S/C11H8Cl2N2O4S2/c12-7-1-2-8(10(13)9(7)11(16)17)21(18,19)15-3-6-4-20-5-14-6/h1-2,4-5,15H,3H2,(H,16,17). The Hall–Kier alpha value is -1.19. The number of benzene rings is 1. The molecule has 1 aromatic carbocycles. The van der Waals surface area contributed by atoms with Crippen molar-refractivity contribution in [1.29, 1.82) is 0 Å². The van der Waals surface area contributed by atoms with E-state index in [1.807, 2.05) is 0 Å². The summed E-state index contributed by atoms with van der Waals surface area (Å²) in [5.74, 6) is -1.40. The topological polar surface area (TPSA) is 96.4 Å². The van der Waals surface area contributed by atoms with Crippen molar-refractivity contribution in [3.8, 4) is 0 Å². The van der Waals surface area contributed by atoms with Crippen LogP contribution in [0.2, 0.25) is 10.0 Å². The Labute approximate surface area is 134 Å². The molecule has 0 spiro atoms. The molecule has 0 aliphatic rings. The number of hydrogen-bond donors (Lipinski definition) is 2. The van der Waals surface area contributed by atoms with E-state index in [9.17, 15) is 13.2 Å². The van der Waals surface area contributed by atoms with Crippen molar-refractivity contribution < 1.29 is 18.3 Å². The van der Waals surface area contributed by atoms with Crippen LogP contribution in [0.5, 0.6) is 0 Å². The first-order chi connectivity index (χ1) is 9.83. The summed E-state index contributed by atoms with van der Waals surface area (Å²) in [6, 6.07) is 2.33. The van der Waals surface area contributed by atoms with Gasteiger partial charge < -0.3 is 5.11 Å². The maximum absolute atomic E-state index is 12.2. The van der Waals surface area contributed by atoms with E-state index in [-0.39, 0.29) is 16.5 Å². The number of carboxylic acids is 1. The van der Waals surface area contributed by atoms with Crippen molar-refractivity contribution in [2.24, 2.45) is 0 Å². The van der Waals surface area contributed by atoms with E-state index in [0.717, 1.165) is 6.07 Å². The minimum absolute atomic E-state index is 0.0206. The van der Waals surface area contributed by atoms with Crippen LogP contribution in [0.3, 0.4) is 0 Å². The molecular weight excluding hydrogens is 359 g/mol. The molecule has 2 aromatic rings. The molecule has 0 fully saturated rings. The lowest BCUT2D eigenvalue weighted by Crippen LogP contribution is -2.24. The molecule has 2 rings (SSSR count). The smallest absolute Gasteiger partial charge is 0.338 e. The number of carboxylic acid groups (broad SMARTS) is 1. The lowest BCUT2D eigenvalue weighted by molar-refractivity contribution is 0.0697. The molecule has 6 nitrogen and oxygen atoms in total. The number of sulfonamides is 1. The summed E-state index contributed by atoms with van der Waals surface area (Å²) < 4.78 is 26.7. The quantitative estimate of drug-likeness (QED) is 0.847. The zero-order valence-electron chi connectivity index (χ0n) is 10.2. The Morgan fingerprint density at radius 3 is 2.67 bits per heavy atom. The Balaban J connectivity index is 2.36. The van der Waals surface area contributed by atoms with E-state index >= 15 is 0 Å². The molecule has 0 saturated carbocycles. The van der Waals surface area contributed by atoms with Crippen LogP contribution >= 0.6 is 34.5 Å². The number of rotatable bonds is 5. The van der Waals surface area contributed by atoms with Crippen LogP contribution in [-0.2, 0) is 16.6 Å². The lowest BCUT2D eigenvalue weighted by Gasteiger charge is -2.10. The van der Waals surface area contributed by atoms with Crippen LogP contribution in [0.15, 0.2) is 27.9 Å². The fourth-order valence-corrected chi connectivity index (χ4v) is 3.98. The van der Waals surface area contributed by atoms with Crippen molar-refractivity contribution in [1.82, 2.24) is 9.71 Å². The first kappa shape index (κ1) is 16.2. The molecular formula is C11H8Cl2N2O4S2. The SMILES string of the molecule is O=C(O)c1c(Cl)ccc(S(=O)(=O)NCc2cscn2)c1Cl. The molecule has 21 heavy (non-hydrogen) atoms. The van der Waals surface area contributed by atoms with E-state index in [0.29, 0.717) is 5.69 Å². The molecule has 112 valence electrons. The molecule has 0 saturated heterocycles. The summed E-state index contributed by atoms with van der Waals surface area (Å²) in [6.07, 6.45) is 0. The first-order valence-corrected chi connectivity index (χ1v) is 8.59. The van der Waals surface area contributed by atoms with Gasteiger partial charge in [-0.05, 0) is 12.1 Å². The van der Waals surface area contributed by atoms with Crippen LogP contribution in [0.25, 0.3) is 0 Å². The van der Waals surface area contributed by atoms with Gasteiger partial charge in [-0.25, -0.2) is 22.9 Å². The average Bonchev–Trinajstić information content (AvgIpc) is 2.88. The number of thiazole rings is 1. The number of hydrogen-bond acceptors (Lipinski definition) is 5. The van der Waals surface area contributed by atoms with Gasteiger partial charge in [0.1, 0.15) is 4.90 Å². The zero-order valence-corrected chi connectivity index (χ0v) is 13.4. The van der Waals surface area contributed by atoms with Crippen LogP contribution in [-0.4, -0.2) is 24.5 Å². The van der Waals surface area contributed by atoms with Gasteiger partial charge in [0.15, 0.2) is 0 Å². The number of halogens is 2. The van der Waals surface area contributed by atoms with Gasteiger partial charge in [-0.3, -0.25) is 0 Å². The fourth-order valence-electron chi connectivity index (χ4n) is 1.51. The van der Waals surface area contributed by atoms with Crippen LogP contribution in [0, 0.1) is 0 Å². The highest BCUT2D eigenvalue weighted by molar-refractivity contribution is 7.89. The molecule has 0 atom stereocenters. The van der Waals surface area contributed by atoms with E-state index in [2.05, 4.69) is 9.71 Å². The lowest BCUT2D eigenvalue weighted by atomic mass is 10.2. The number of aromatic nitrogens is 1. The molecule has 1 aromatic heterocycles. The highest BCUT2D eigenvalue weighted by atomic mass is 35.5. The van der Waals surface area contributed by atoms with Crippen molar-refractivity contribution in [2.45, 2.75) is 11.4 Å². The van der Waals surface area contributed by atoms with Gasteiger partial charge in [0.25, 0.3) is 0 Å². The predicted octanol–water partition coefficient (Wildman–Crippen LogP) is 2.63. The van der Waals surface area contributed by atoms with Crippen LogP contribution < -0.4 is 4.72 Å². The van der Waals surface area contributed by atoms with Crippen LogP contribution in [0.1, 0.15) is 16.1 Å². The summed E-state index contributed by atoms with van der Waals surface area (Å²) in [4.78, 5) is 14.7.